The van der Waals surface area contributed by atoms with Crippen molar-refractivity contribution in [3.05, 3.63) is 47.7 Å². The van der Waals surface area contributed by atoms with E-state index in [1.165, 1.54) is 4.90 Å². The molecule has 5 heteroatoms. The molecule has 2 atom stereocenters. The van der Waals surface area contributed by atoms with Crippen molar-refractivity contribution in [3.8, 4) is 0 Å². The summed E-state index contributed by atoms with van der Waals surface area (Å²) in [6, 6.07) is 8.95. The topological polar surface area (TPSA) is 59.0 Å². The molecule has 5 nitrogen and oxygen atoms in total. The fourth-order valence-corrected chi connectivity index (χ4v) is 2.77. The summed E-state index contributed by atoms with van der Waals surface area (Å²) in [4.78, 5) is 30.9. The molecule has 0 saturated carbocycles. The summed E-state index contributed by atoms with van der Waals surface area (Å²) < 4.78 is 5.48. The first-order chi connectivity index (χ1) is 12.0. The van der Waals surface area contributed by atoms with E-state index in [1.54, 1.807) is 13.3 Å². The fourth-order valence-electron chi connectivity index (χ4n) is 2.77. The first-order valence-corrected chi connectivity index (χ1v) is 8.70. The molecule has 0 N–H and O–H groups in total. The lowest BCUT2D eigenvalue weighted by Gasteiger charge is -2.30. The highest BCUT2D eigenvalue weighted by Gasteiger charge is 2.32. The van der Waals surface area contributed by atoms with Crippen LogP contribution in [0.4, 0.5) is 0 Å². The van der Waals surface area contributed by atoms with Crippen LogP contribution in [0.2, 0.25) is 0 Å². The summed E-state index contributed by atoms with van der Waals surface area (Å²) in [5.41, 5.74) is 1.69. The molecule has 1 amide bonds. The number of rotatable bonds is 8. The number of amides is 1. The molecule has 0 aliphatic carbocycles. The Balaban J connectivity index is 2.02. The third-order valence-corrected chi connectivity index (χ3v) is 4.51. The summed E-state index contributed by atoms with van der Waals surface area (Å²) in [5.74, 6) is -0.469. The van der Waals surface area contributed by atoms with Gasteiger partial charge in [0.2, 0.25) is 5.91 Å². The second-order valence-corrected chi connectivity index (χ2v) is 6.35. The summed E-state index contributed by atoms with van der Waals surface area (Å²) >= 11 is 0. The molecule has 0 fully saturated rings. The maximum atomic E-state index is 12.6. The van der Waals surface area contributed by atoms with Crippen LogP contribution in [-0.2, 0) is 20.9 Å². The van der Waals surface area contributed by atoms with Crippen molar-refractivity contribution >= 4 is 18.1 Å². The van der Waals surface area contributed by atoms with Gasteiger partial charge in [-0.05, 0) is 11.5 Å². The number of hydrogen-bond acceptors (Lipinski definition) is 4. The monoisotopic (exact) mass is 342 g/mol. The molecule has 1 aliphatic rings. The van der Waals surface area contributed by atoms with Crippen LogP contribution >= 0.6 is 0 Å². The molecular weight excluding hydrogens is 316 g/mol. The van der Waals surface area contributed by atoms with Gasteiger partial charge in [0, 0.05) is 25.4 Å². The molecule has 25 heavy (non-hydrogen) atoms. The lowest BCUT2D eigenvalue weighted by atomic mass is 9.97. The van der Waals surface area contributed by atoms with E-state index in [0.29, 0.717) is 0 Å². The number of likely N-dealkylation sites (N-methyl/N-ethyl adjacent to an activating group) is 1. The zero-order valence-corrected chi connectivity index (χ0v) is 15.1. The maximum Gasteiger partial charge on any atom is 0.329 e. The van der Waals surface area contributed by atoms with E-state index in [9.17, 15) is 9.59 Å². The maximum absolute atomic E-state index is 12.6. The molecule has 1 heterocycles. The van der Waals surface area contributed by atoms with Gasteiger partial charge < -0.3 is 9.64 Å². The summed E-state index contributed by atoms with van der Waals surface area (Å²) in [6.07, 6.45) is 5.47. The number of allylic oxidation sites excluding steroid dienone is 1. The van der Waals surface area contributed by atoms with Crippen LogP contribution in [0.25, 0.3) is 0 Å². The van der Waals surface area contributed by atoms with Gasteiger partial charge in [-0.3, -0.25) is 9.79 Å². The lowest BCUT2D eigenvalue weighted by Crippen LogP contribution is -2.47. The smallest absolute Gasteiger partial charge is 0.329 e. The number of esters is 1. The molecule has 0 spiro atoms. The van der Waals surface area contributed by atoms with Crippen molar-refractivity contribution in [2.75, 3.05) is 7.05 Å². The van der Waals surface area contributed by atoms with Gasteiger partial charge in [-0.2, -0.15) is 0 Å². The number of nitrogens with zero attached hydrogens (tertiary/aromatic N) is 2. The van der Waals surface area contributed by atoms with Crippen LogP contribution in [0.3, 0.4) is 0 Å². The van der Waals surface area contributed by atoms with E-state index < -0.39 is 6.04 Å². The van der Waals surface area contributed by atoms with E-state index in [4.69, 9.17) is 4.74 Å². The lowest BCUT2D eigenvalue weighted by molar-refractivity contribution is -0.157. The van der Waals surface area contributed by atoms with E-state index in [0.717, 1.165) is 24.1 Å². The van der Waals surface area contributed by atoms with Crippen LogP contribution in [0, 0.1) is 5.92 Å². The van der Waals surface area contributed by atoms with Crippen molar-refractivity contribution in [3.63, 3.8) is 0 Å². The van der Waals surface area contributed by atoms with Crippen LogP contribution < -0.4 is 0 Å². The molecule has 1 aliphatic heterocycles. The average Bonchev–Trinajstić information content (AvgIpc) is 3.13. The van der Waals surface area contributed by atoms with Crippen molar-refractivity contribution in [1.82, 2.24) is 4.90 Å². The number of hydrogen-bond donors (Lipinski definition) is 0. The third kappa shape index (κ3) is 5.28. The number of ether oxygens (including phenoxy) is 1. The first kappa shape index (κ1) is 18.9. The summed E-state index contributed by atoms with van der Waals surface area (Å²) in [5, 5.41) is 0. The fraction of sp³-hybridized carbons (Fsp3) is 0.450. The standard InChI is InChI=1S/C20H26N2O3/c1-4-15(2)19(20(24)25-14-16-9-6-5-7-10-16)22(3)18(23)13-17-11-8-12-21-17/h5-7,9-12,15,19H,4,8,13-14H2,1-3H3/t15-,19-/m0/s1. The Kier molecular flexibility index (Phi) is 6.92. The third-order valence-electron chi connectivity index (χ3n) is 4.51. The van der Waals surface area contributed by atoms with Gasteiger partial charge in [-0.25, -0.2) is 4.79 Å². The Hall–Kier alpha value is -2.43. The molecule has 0 unspecified atom stereocenters. The normalized spacial score (nSPS) is 15.4. The van der Waals surface area contributed by atoms with Crippen LogP contribution in [-0.4, -0.2) is 36.1 Å². The van der Waals surface area contributed by atoms with E-state index >= 15 is 0 Å². The van der Waals surface area contributed by atoms with Gasteiger partial charge in [-0.1, -0.05) is 56.7 Å². The number of benzene rings is 1. The van der Waals surface area contributed by atoms with Gasteiger partial charge in [0.25, 0.3) is 0 Å². The molecule has 0 aromatic heterocycles. The predicted molar refractivity (Wildman–Crippen MR) is 98.1 cm³/mol. The minimum absolute atomic E-state index is 0.0123. The highest BCUT2D eigenvalue weighted by molar-refractivity contribution is 5.86. The van der Waals surface area contributed by atoms with Crippen molar-refractivity contribution in [1.29, 1.82) is 0 Å². The minimum atomic E-state index is -0.591. The Bertz CT molecular complexity index is 652. The SMILES string of the molecule is CC[C@H](C)[C@@H](C(=O)OCc1ccccc1)N(C)C(=O)CC1=CCC=N1. The predicted octanol–water partition coefficient (Wildman–Crippen LogP) is 3.35. The van der Waals surface area contributed by atoms with Crippen molar-refractivity contribution in [2.24, 2.45) is 10.9 Å². The van der Waals surface area contributed by atoms with Crippen molar-refractivity contribution < 1.29 is 14.3 Å². The summed E-state index contributed by atoms with van der Waals surface area (Å²) in [6.45, 7) is 4.18. The highest BCUT2D eigenvalue weighted by Crippen LogP contribution is 2.19. The quantitative estimate of drug-likeness (QED) is 0.681. The molecule has 0 saturated heterocycles. The van der Waals surface area contributed by atoms with E-state index in [1.807, 2.05) is 50.3 Å². The Morgan fingerprint density at radius 1 is 1.28 bits per heavy atom. The van der Waals surface area contributed by atoms with Gasteiger partial charge in [0.05, 0.1) is 6.42 Å². The van der Waals surface area contributed by atoms with E-state index in [2.05, 4.69) is 4.99 Å². The number of carbonyl (C=O) groups excluding carboxylic acids is 2. The second kappa shape index (κ2) is 9.16. The van der Waals surface area contributed by atoms with Crippen LogP contribution in [0.15, 0.2) is 47.1 Å². The Labute approximate surface area is 149 Å². The highest BCUT2D eigenvalue weighted by atomic mass is 16.5. The largest absolute Gasteiger partial charge is 0.459 e. The molecular formula is C20H26N2O3. The van der Waals surface area contributed by atoms with Crippen LogP contribution in [0.5, 0.6) is 0 Å². The zero-order valence-electron chi connectivity index (χ0n) is 15.1. The Morgan fingerprint density at radius 3 is 2.60 bits per heavy atom. The van der Waals surface area contributed by atoms with Gasteiger partial charge in [0.1, 0.15) is 12.6 Å². The average molecular weight is 342 g/mol. The molecule has 1 aromatic carbocycles. The van der Waals surface area contributed by atoms with Gasteiger partial charge in [0.15, 0.2) is 0 Å². The molecule has 134 valence electrons. The minimum Gasteiger partial charge on any atom is -0.459 e. The second-order valence-electron chi connectivity index (χ2n) is 6.35. The van der Waals surface area contributed by atoms with E-state index in [-0.39, 0.29) is 30.8 Å². The van der Waals surface area contributed by atoms with Gasteiger partial charge >= 0.3 is 5.97 Å². The summed E-state index contributed by atoms with van der Waals surface area (Å²) in [7, 11) is 1.67. The molecule has 2 rings (SSSR count). The molecule has 0 radical (unpaired) electrons. The Morgan fingerprint density at radius 2 is 2.00 bits per heavy atom. The molecule has 0 bridgehead atoms. The number of carbonyl (C=O) groups is 2. The van der Waals surface area contributed by atoms with Gasteiger partial charge in [-0.15, -0.1) is 0 Å². The first-order valence-electron chi connectivity index (χ1n) is 8.70. The van der Waals surface area contributed by atoms with Crippen LogP contribution in [0.1, 0.15) is 38.7 Å². The number of aliphatic imine (C=N–C) groups is 1. The zero-order chi connectivity index (χ0) is 18.2. The van der Waals surface area contributed by atoms with Crippen molar-refractivity contribution in [2.45, 2.75) is 45.8 Å². The molecule has 1 aromatic rings.